The molecule has 2 rings (SSSR count). The van der Waals surface area contributed by atoms with Gasteiger partial charge in [-0.15, -0.1) is 0 Å². The minimum Gasteiger partial charge on any atom is -0.484 e. The maximum absolute atomic E-state index is 11.7. The van der Waals surface area contributed by atoms with Crippen molar-refractivity contribution in [1.29, 1.82) is 0 Å². The van der Waals surface area contributed by atoms with Crippen LogP contribution in [0.4, 0.5) is 0 Å². The van der Waals surface area contributed by atoms with E-state index in [9.17, 15) is 4.79 Å². The van der Waals surface area contributed by atoms with Gasteiger partial charge in [-0.1, -0.05) is 35.3 Å². The predicted molar refractivity (Wildman–Crippen MR) is 93.6 cm³/mol. The van der Waals surface area contributed by atoms with Crippen LogP contribution in [-0.2, 0) is 4.79 Å². The SMILES string of the molecule is Cc1cc(C)cc(OCC(=O)N/N=C\c2ccc(Cl)cc2Cl)c1. The Labute approximate surface area is 145 Å². The zero-order chi connectivity index (χ0) is 16.8. The van der Waals surface area contributed by atoms with Crippen molar-refractivity contribution in [2.45, 2.75) is 13.8 Å². The summed E-state index contributed by atoms with van der Waals surface area (Å²) in [6.07, 6.45) is 1.45. The van der Waals surface area contributed by atoms with Gasteiger partial charge in [0.25, 0.3) is 5.91 Å². The average molecular weight is 351 g/mol. The van der Waals surface area contributed by atoms with Crippen molar-refractivity contribution in [1.82, 2.24) is 5.43 Å². The summed E-state index contributed by atoms with van der Waals surface area (Å²) in [7, 11) is 0. The maximum atomic E-state index is 11.7. The van der Waals surface area contributed by atoms with Gasteiger partial charge in [0.05, 0.1) is 11.2 Å². The van der Waals surface area contributed by atoms with Gasteiger partial charge in [-0.05, 0) is 49.2 Å². The van der Waals surface area contributed by atoms with E-state index in [1.165, 1.54) is 6.21 Å². The summed E-state index contributed by atoms with van der Waals surface area (Å²) in [4.78, 5) is 11.7. The van der Waals surface area contributed by atoms with Crippen molar-refractivity contribution < 1.29 is 9.53 Å². The highest BCUT2D eigenvalue weighted by Gasteiger charge is 2.03. The van der Waals surface area contributed by atoms with Crippen molar-refractivity contribution in [3.8, 4) is 5.75 Å². The van der Waals surface area contributed by atoms with Crippen molar-refractivity contribution in [3.05, 3.63) is 63.1 Å². The molecule has 0 aliphatic heterocycles. The number of halogens is 2. The third-order valence-corrected chi connectivity index (χ3v) is 3.48. The van der Waals surface area contributed by atoms with Crippen LogP contribution in [-0.4, -0.2) is 18.7 Å². The monoisotopic (exact) mass is 350 g/mol. The van der Waals surface area contributed by atoms with Crippen LogP contribution < -0.4 is 10.2 Å². The lowest BCUT2D eigenvalue weighted by Crippen LogP contribution is -2.24. The van der Waals surface area contributed by atoms with Gasteiger partial charge in [-0.25, -0.2) is 5.43 Å². The molecule has 0 unspecified atom stereocenters. The lowest BCUT2D eigenvalue weighted by atomic mass is 10.1. The molecule has 23 heavy (non-hydrogen) atoms. The highest BCUT2D eigenvalue weighted by Crippen LogP contribution is 2.19. The van der Waals surface area contributed by atoms with E-state index in [1.54, 1.807) is 18.2 Å². The number of ether oxygens (including phenoxy) is 1. The van der Waals surface area contributed by atoms with Crippen LogP contribution in [0.25, 0.3) is 0 Å². The first kappa shape index (κ1) is 17.3. The number of amides is 1. The Kier molecular flexibility index (Phi) is 6.02. The smallest absolute Gasteiger partial charge is 0.277 e. The van der Waals surface area contributed by atoms with Gasteiger partial charge in [-0.3, -0.25) is 4.79 Å². The van der Waals surface area contributed by atoms with Gasteiger partial charge in [0, 0.05) is 10.6 Å². The molecule has 0 aromatic heterocycles. The molecule has 120 valence electrons. The molecule has 0 saturated heterocycles. The first-order valence-electron chi connectivity index (χ1n) is 6.92. The summed E-state index contributed by atoms with van der Waals surface area (Å²) in [6, 6.07) is 10.8. The molecular weight excluding hydrogens is 335 g/mol. The Morgan fingerprint density at radius 3 is 2.52 bits per heavy atom. The molecule has 6 heteroatoms. The molecule has 1 amide bonds. The molecule has 0 radical (unpaired) electrons. The second kappa shape index (κ2) is 7.99. The number of nitrogens with one attached hydrogen (secondary N) is 1. The molecule has 0 bridgehead atoms. The largest absolute Gasteiger partial charge is 0.484 e. The number of hydrogen-bond donors (Lipinski definition) is 1. The van der Waals surface area contributed by atoms with E-state index < -0.39 is 0 Å². The molecule has 0 heterocycles. The topological polar surface area (TPSA) is 50.7 Å². The Morgan fingerprint density at radius 1 is 1.17 bits per heavy atom. The lowest BCUT2D eigenvalue weighted by molar-refractivity contribution is -0.123. The summed E-state index contributed by atoms with van der Waals surface area (Å²) in [5.41, 5.74) is 5.20. The molecule has 2 aromatic rings. The van der Waals surface area contributed by atoms with Crippen LogP contribution in [0.5, 0.6) is 5.75 Å². The fraction of sp³-hybridized carbons (Fsp3) is 0.176. The van der Waals surface area contributed by atoms with E-state index in [0.717, 1.165) is 11.1 Å². The third-order valence-electron chi connectivity index (χ3n) is 2.92. The number of aryl methyl sites for hydroxylation is 2. The van der Waals surface area contributed by atoms with Crippen LogP contribution in [0.1, 0.15) is 16.7 Å². The summed E-state index contributed by atoms with van der Waals surface area (Å²) in [5.74, 6) is 0.299. The molecular formula is C17H16Cl2N2O2. The Bertz CT molecular complexity index is 725. The quantitative estimate of drug-likeness (QED) is 0.650. The minimum atomic E-state index is -0.356. The molecule has 1 N–H and O–H groups in total. The fourth-order valence-corrected chi connectivity index (χ4v) is 2.43. The Morgan fingerprint density at radius 2 is 1.87 bits per heavy atom. The third kappa shape index (κ3) is 5.58. The number of hydrazone groups is 1. The van der Waals surface area contributed by atoms with E-state index in [-0.39, 0.29) is 12.5 Å². The van der Waals surface area contributed by atoms with E-state index >= 15 is 0 Å². The summed E-state index contributed by atoms with van der Waals surface area (Å²) < 4.78 is 5.44. The fourth-order valence-electron chi connectivity index (χ4n) is 1.98. The molecule has 0 spiro atoms. The number of rotatable bonds is 5. The van der Waals surface area contributed by atoms with E-state index in [4.69, 9.17) is 27.9 Å². The summed E-state index contributed by atoms with van der Waals surface area (Å²) in [5, 5.41) is 4.85. The second-order valence-electron chi connectivity index (χ2n) is 5.07. The maximum Gasteiger partial charge on any atom is 0.277 e. The van der Waals surface area contributed by atoms with Crippen LogP contribution in [0.15, 0.2) is 41.5 Å². The van der Waals surface area contributed by atoms with E-state index in [1.807, 2.05) is 32.0 Å². The zero-order valence-electron chi connectivity index (χ0n) is 12.8. The molecule has 0 aliphatic rings. The van der Waals surface area contributed by atoms with Crippen molar-refractivity contribution in [2.75, 3.05) is 6.61 Å². The van der Waals surface area contributed by atoms with Gasteiger partial charge in [0.1, 0.15) is 5.75 Å². The highest BCUT2D eigenvalue weighted by atomic mass is 35.5. The van der Waals surface area contributed by atoms with Crippen LogP contribution in [0.3, 0.4) is 0 Å². The number of carbonyl (C=O) groups is 1. The van der Waals surface area contributed by atoms with Crippen LogP contribution in [0, 0.1) is 13.8 Å². The van der Waals surface area contributed by atoms with Crippen LogP contribution >= 0.6 is 23.2 Å². The van der Waals surface area contributed by atoms with Gasteiger partial charge in [0.15, 0.2) is 6.61 Å². The van der Waals surface area contributed by atoms with Crippen molar-refractivity contribution in [3.63, 3.8) is 0 Å². The molecule has 0 saturated carbocycles. The van der Waals surface area contributed by atoms with Crippen molar-refractivity contribution >= 4 is 35.3 Å². The number of hydrogen-bond acceptors (Lipinski definition) is 3. The van der Waals surface area contributed by atoms with Crippen LogP contribution in [0.2, 0.25) is 10.0 Å². The van der Waals surface area contributed by atoms with E-state index in [2.05, 4.69) is 10.5 Å². The van der Waals surface area contributed by atoms with Gasteiger partial charge >= 0.3 is 0 Å². The molecule has 4 nitrogen and oxygen atoms in total. The minimum absolute atomic E-state index is 0.116. The molecule has 2 aromatic carbocycles. The second-order valence-corrected chi connectivity index (χ2v) is 5.91. The van der Waals surface area contributed by atoms with Gasteiger partial charge < -0.3 is 4.74 Å². The van der Waals surface area contributed by atoms with Gasteiger partial charge in [0.2, 0.25) is 0 Å². The number of nitrogens with zero attached hydrogens (tertiary/aromatic N) is 1. The molecule has 0 atom stereocenters. The Hall–Kier alpha value is -2.04. The molecule has 0 fully saturated rings. The normalized spacial score (nSPS) is 10.8. The van der Waals surface area contributed by atoms with Gasteiger partial charge in [-0.2, -0.15) is 5.10 Å². The predicted octanol–water partition coefficient (Wildman–Crippen LogP) is 4.14. The number of carbonyl (C=O) groups excluding carboxylic acids is 1. The summed E-state index contributed by atoms with van der Waals surface area (Å²) >= 11 is 11.8. The molecule has 0 aliphatic carbocycles. The summed E-state index contributed by atoms with van der Waals surface area (Å²) in [6.45, 7) is 3.83. The first-order valence-corrected chi connectivity index (χ1v) is 7.67. The Balaban J connectivity index is 1.86. The zero-order valence-corrected chi connectivity index (χ0v) is 14.3. The van der Waals surface area contributed by atoms with E-state index in [0.29, 0.717) is 21.4 Å². The number of benzene rings is 2. The standard InChI is InChI=1S/C17H16Cl2N2O2/c1-11-5-12(2)7-15(6-11)23-10-17(22)21-20-9-13-3-4-14(18)8-16(13)19/h3-9H,10H2,1-2H3,(H,21,22)/b20-9-. The lowest BCUT2D eigenvalue weighted by Gasteiger charge is -2.07. The first-order chi connectivity index (χ1) is 10.9. The average Bonchev–Trinajstić information content (AvgIpc) is 2.46. The van der Waals surface area contributed by atoms with Crippen molar-refractivity contribution in [2.24, 2.45) is 5.10 Å². The highest BCUT2D eigenvalue weighted by molar-refractivity contribution is 6.36.